The van der Waals surface area contributed by atoms with Gasteiger partial charge in [0.2, 0.25) is 5.91 Å². The van der Waals surface area contributed by atoms with Gasteiger partial charge in [-0.25, -0.2) is 0 Å². The molecule has 2 N–H and O–H groups in total. The molecule has 1 aromatic carbocycles. The van der Waals surface area contributed by atoms with Crippen LogP contribution in [0.5, 0.6) is 0 Å². The zero-order valence-electron chi connectivity index (χ0n) is 11.6. The van der Waals surface area contributed by atoms with Crippen molar-refractivity contribution in [1.29, 1.82) is 0 Å². The standard InChI is InChI=1S/C14H15F3N2O3/c15-14(16,17)9-3-5-10(6-4-9)18-12(20)8-19-7-1-2-11(19)13(21)22/h3-6,11H,1-2,7-8H2,(H,18,20)(H,21,22). The van der Waals surface area contributed by atoms with Gasteiger partial charge >= 0.3 is 12.1 Å². The average Bonchev–Trinajstić information content (AvgIpc) is 2.86. The van der Waals surface area contributed by atoms with Crippen molar-refractivity contribution in [2.24, 2.45) is 0 Å². The third kappa shape index (κ3) is 3.97. The second kappa shape index (κ2) is 6.35. The molecule has 1 heterocycles. The molecule has 1 aromatic rings. The lowest BCUT2D eigenvalue weighted by Gasteiger charge is -2.20. The summed E-state index contributed by atoms with van der Waals surface area (Å²) in [4.78, 5) is 24.4. The van der Waals surface area contributed by atoms with E-state index in [-0.39, 0.29) is 12.2 Å². The molecular formula is C14H15F3N2O3. The van der Waals surface area contributed by atoms with Gasteiger partial charge in [0.15, 0.2) is 0 Å². The summed E-state index contributed by atoms with van der Waals surface area (Å²) in [6, 6.07) is 3.41. The van der Waals surface area contributed by atoms with E-state index in [0.717, 1.165) is 12.1 Å². The van der Waals surface area contributed by atoms with E-state index in [1.54, 1.807) is 4.90 Å². The molecule has 0 aliphatic carbocycles. The van der Waals surface area contributed by atoms with Crippen LogP contribution in [0.1, 0.15) is 18.4 Å². The van der Waals surface area contributed by atoms with Gasteiger partial charge in [-0.05, 0) is 43.7 Å². The van der Waals surface area contributed by atoms with Crippen molar-refractivity contribution in [2.75, 3.05) is 18.4 Å². The summed E-state index contributed by atoms with van der Waals surface area (Å²) < 4.78 is 37.3. The van der Waals surface area contributed by atoms with Crippen LogP contribution < -0.4 is 5.32 Å². The van der Waals surface area contributed by atoms with E-state index in [2.05, 4.69) is 5.32 Å². The number of rotatable bonds is 4. The fraction of sp³-hybridized carbons (Fsp3) is 0.429. The quantitative estimate of drug-likeness (QED) is 0.893. The predicted octanol–water partition coefficient (Wildman–Crippen LogP) is 2.19. The SMILES string of the molecule is O=C(CN1CCCC1C(=O)O)Nc1ccc(C(F)(F)F)cc1. The highest BCUT2D eigenvalue weighted by atomic mass is 19.4. The Labute approximate surface area is 124 Å². The molecule has 5 nitrogen and oxygen atoms in total. The summed E-state index contributed by atoms with van der Waals surface area (Å²) >= 11 is 0. The van der Waals surface area contributed by atoms with E-state index >= 15 is 0 Å². The molecule has 0 spiro atoms. The van der Waals surface area contributed by atoms with Crippen molar-refractivity contribution in [3.63, 3.8) is 0 Å². The summed E-state index contributed by atoms with van der Waals surface area (Å²) in [5.41, 5.74) is -0.556. The number of halogens is 3. The molecule has 2 rings (SSSR count). The van der Waals surface area contributed by atoms with Gasteiger partial charge in [0, 0.05) is 5.69 Å². The minimum Gasteiger partial charge on any atom is -0.480 e. The molecular weight excluding hydrogens is 301 g/mol. The van der Waals surface area contributed by atoms with Gasteiger partial charge in [0.25, 0.3) is 0 Å². The van der Waals surface area contributed by atoms with Gasteiger partial charge in [-0.15, -0.1) is 0 Å². The first kappa shape index (κ1) is 16.3. The van der Waals surface area contributed by atoms with Crippen molar-refractivity contribution in [1.82, 2.24) is 4.90 Å². The topological polar surface area (TPSA) is 69.6 Å². The Balaban J connectivity index is 1.93. The van der Waals surface area contributed by atoms with Crippen LogP contribution in [0, 0.1) is 0 Å². The number of carboxylic acid groups (broad SMARTS) is 1. The van der Waals surface area contributed by atoms with Crippen LogP contribution in [0.25, 0.3) is 0 Å². The number of alkyl halides is 3. The van der Waals surface area contributed by atoms with Crippen LogP contribution in [0.3, 0.4) is 0 Å². The molecule has 0 aromatic heterocycles. The van der Waals surface area contributed by atoms with Crippen molar-refractivity contribution in [3.05, 3.63) is 29.8 Å². The molecule has 8 heteroatoms. The number of hydrogen-bond donors (Lipinski definition) is 2. The Morgan fingerprint density at radius 1 is 1.27 bits per heavy atom. The second-order valence-electron chi connectivity index (χ2n) is 5.09. The smallest absolute Gasteiger partial charge is 0.416 e. The van der Waals surface area contributed by atoms with Crippen molar-refractivity contribution in [2.45, 2.75) is 25.1 Å². The van der Waals surface area contributed by atoms with Gasteiger partial charge in [-0.2, -0.15) is 13.2 Å². The second-order valence-corrected chi connectivity index (χ2v) is 5.09. The molecule has 0 saturated carbocycles. The third-order valence-electron chi connectivity index (χ3n) is 3.49. The number of nitrogens with one attached hydrogen (secondary N) is 1. The Morgan fingerprint density at radius 2 is 1.91 bits per heavy atom. The highest BCUT2D eigenvalue weighted by Gasteiger charge is 2.32. The fourth-order valence-corrected chi connectivity index (χ4v) is 2.42. The van der Waals surface area contributed by atoms with Gasteiger partial charge in [0.05, 0.1) is 12.1 Å². The molecule has 1 saturated heterocycles. The Kier molecular flexibility index (Phi) is 4.70. The minimum absolute atomic E-state index is 0.0992. The largest absolute Gasteiger partial charge is 0.480 e. The summed E-state index contributed by atoms with van der Waals surface area (Å²) in [6.45, 7) is 0.412. The van der Waals surface area contributed by atoms with Crippen LogP contribution in [0.4, 0.5) is 18.9 Å². The van der Waals surface area contributed by atoms with E-state index in [1.165, 1.54) is 12.1 Å². The van der Waals surface area contributed by atoms with Crippen molar-refractivity contribution < 1.29 is 27.9 Å². The Hall–Kier alpha value is -2.09. The maximum Gasteiger partial charge on any atom is 0.416 e. The van der Waals surface area contributed by atoms with Crippen LogP contribution in [-0.2, 0) is 15.8 Å². The first-order valence-corrected chi connectivity index (χ1v) is 6.71. The van der Waals surface area contributed by atoms with Gasteiger partial charge in [-0.3, -0.25) is 14.5 Å². The van der Waals surface area contributed by atoms with E-state index < -0.39 is 29.7 Å². The predicted molar refractivity (Wildman–Crippen MR) is 72.3 cm³/mol. The molecule has 1 aliphatic rings. The average molecular weight is 316 g/mol. The zero-order valence-corrected chi connectivity index (χ0v) is 11.6. The van der Waals surface area contributed by atoms with Crippen molar-refractivity contribution >= 4 is 17.6 Å². The van der Waals surface area contributed by atoms with E-state index in [4.69, 9.17) is 5.11 Å². The Bertz CT molecular complexity index is 557. The zero-order chi connectivity index (χ0) is 16.3. The highest BCUT2D eigenvalue weighted by Crippen LogP contribution is 2.29. The number of likely N-dealkylation sites (tertiary alicyclic amines) is 1. The summed E-state index contributed by atoms with van der Waals surface area (Å²) in [6.07, 6.45) is -3.24. The molecule has 1 unspecified atom stereocenters. The molecule has 1 aliphatic heterocycles. The normalized spacial score (nSPS) is 19.1. The summed E-state index contributed by atoms with van der Waals surface area (Å²) in [5.74, 6) is -1.42. The van der Waals surface area contributed by atoms with Crippen molar-refractivity contribution in [3.8, 4) is 0 Å². The maximum atomic E-state index is 12.4. The van der Waals surface area contributed by atoms with Gasteiger partial charge in [0.1, 0.15) is 6.04 Å². The fourth-order valence-electron chi connectivity index (χ4n) is 2.42. The molecule has 120 valence electrons. The lowest BCUT2D eigenvalue weighted by atomic mass is 10.2. The van der Waals surface area contributed by atoms with E-state index in [9.17, 15) is 22.8 Å². The minimum atomic E-state index is -4.42. The molecule has 0 radical (unpaired) electrons. The number of nitrogens with zero attached hydrogens (tertiary/aromatic N) is 1. The van der Waals surface area contributed by atoms with Gasteiger partial charge < -0.3 is 10.4 Å². The van der Waals surface area contributed by atoms with Crippen LogP contribution in [0.15, 0.2) is 24.3 Å². The Morgan fingerprint density at radius 3 is 2.45 bits per heavy atom. The maximum absolute atomic E-state index is 12.4. The molecule has 1 amide bonds. The lowest BCUT2D eigenvalue weighted by molar-refractivity contribution is -0.142. The lowest BCUT2D eigenvalue weighted by Crippen LogP contribution is -2.40. The third-order valence-corrected chi connectivity index (χ3v) is 3.49. The molecule has 22 heavy (non-hydrogen) atoms. The first-order valence-electron chi connectivity index (χ1n) is 6.71. The van der Waals surface area contributed by atoms with E-state index in [1.807, 2.05) is 0 Å². The number of carboxylic acids is 1. The number of anilines is 1. The molecule has 1 fully saturated rings. The molecule has 0 bridgehead atoms. The highest BCUT2D eigenvalue weighted by molar-refractivity contribution is 5.92. The summed E-state index contributed by atoms with van der Waals surface area (Å²) in [7, 11) is 0. The van der Waals surface area contributed by atoms with E-state index in [0.29, 0.717) is 19.4 Å². The molecule has 1 atom stereocenters. The van der Waals surface area contributed by atoms with Crippen LogP contribution >= 0.6 is 0 Å². The first-order chi connectivity index (χ1) is 10.3. The number of aliphatic carboxylic acids is 1. The number of amides is 1. The summed E-state index contributed by atoms with van der Waals surface area (Å²) in [5, 5.41) is 11.5. The number of benzene rings is 1. The van der Waals surface area contributed by atoms with Gasteiger partial charge in [-0.1, -0.05) is 0 Å². The number of carbonyl (C=O) groups is 2. The monoisotopic (exact) mass is 316 g/mol. The number of carbonyl (C=O) groups excluding carboxylic acids is 1. The van der Waals surface area contributed by atoms with Crippen LogP contribution in [-0.4, -0.2) is 41.0 Å². The number of hydrogen-bond acceptors (Lipinski definition) is 3. The van der Waals surface area contributed by atoms with Crippen LogP contribution in [0.2, 0.25) is 0 Å².